The van der Waals surface area contributed by atoms with Crippen LogP contribution in [0, 0.1) is 0 Å². The van der Waals surface area contributed by atoms with Gasteiger partial charge in [-0.25, -0.2) is 0 Å². The monoisotopic (exact) mass is 539 g/mol. The van der Waals surface area contributed by atoms with Crippen LogP contribution >= 0.6 is 0 Å². The zero-order chi connectivity index (χ0) is 27.9. The molecule has 2 atom stereocenters. The van der Waals surface area contributed by atoms with E-state index in [0.717, 1.165) is 62.1 Å². The highest BCUT2D eigenvalue weighted by Gasteiger charge is 2.46. The standard InChI is InChI=1S/C34H41N3O3/c1-3-36(26-13-6-4-7-14-26)24-12-23-35-33(38)31-29-17-10-11-18-30(29)34(39)37(27-15-8-5-9-16-27)32(31)25-19-21-28(40-2)22-20-25/h4,6-7,10-11,13-14,17-22,27,31-32H,3,5,8-9,12,15-16,23-24H2,1-2H3,(H,35,38)/t31-,32+/m0/s1. The number of nitrogens with zero attached hydrogens (tertiary/aromatic N) is 2. The van der Waals surface area contributed by atoms with E-state index in [2.05, 4.69) is 41.4 Å². The minimum absolute atomic E-state index is 0.0238. The first-order valence-electron chi connectivity index (χ1n) is 14.8. The summed E-state index contributed by atoms with van der Waals surface area (Å²) >= 11 is 0. The molecule has 5 rings (SSSR count). The van der Waals surface area contributed by atoms with Gasteiger partial charge in [-0.2, -0.15) is 0 Å². The maximum atomic E-state index is 14.1. The van der Waals surface area contributed by atoms with Crippen LogP contribution in [-0.4, -0.2) is 49.5 Å². The lowest BCUT2D eigenvalue weighted by atomic mass is 9.77. The van der Waals surface area contributed by atoms with Crippen molar-refractivity contribution >= 4 is 17.5 Å². The normalized spacial score (nSPS) is 19.1. The minimum atomic E-state index is -0.486. The zero-order valence-electron chi connectivity index (χ0n) is 23.7. The smallest absolute Gasteiger partial charge is 0.254 e. The molecule has 210 valence electrons. The lowest BCUT2D eigenvalue weighted by Crippen LogP contribution is -2.52. The van der Waals surface area contributed by atoms with Gasteiger partial charge in [-0.05, 0) is 67.6 Å². The van der Waals surface area contributed by atoms with Crippen molar-refractivity contribution in [2.45, 2.75) is 63.5 Å². The van der Waals surface area contributed by atoms with Gasteiger partial charge < -0.3 is 19.9 Å². The van der Waals surface area contributed by atoms with Crippen molar-refractivity contribution in [3.63, 3.8) is 0 Å². The zero-order valence-corrected chi connectivity index (χ0v) is 23.7. The summed E-state index contributed by atoms with van der Waals surface area (Å²) in [5, 5.41) is 3.26. The Morgan fingerprint density at radius 1 is 0.950 bits per heavy atom. The van der Waals surface area contributed by atoms with Gasteiger partial charge in [-0.1, -0.05) is 67.8 Å². The molecule has 2 aliphatic rings. The lowest BCUT2D eigenvalue weighted by Gasteiger charge is -2.46. The number of methoxy groups -OCH3 is 1. The van der Waals surface area contributed by atoms with E-state index in [1.54, 1.807) is 7.11 Å². The average molecular weight is 540 g/mol. The first-order valence-corrected chi connectivity index (χ1v) is 14.8. The highest BCUT2D eigenvalue weighted by Crippen LogP contribution is 2.46. The van der Waals surface area contributed by atoms with Gasteiger partial charge in [0.2, 0.25) is 5.91 Å². The van der Waals surface area contributed by atoms with Crippen LogP contribution in [0.1, 0.15) is 78.9 Å². The molecule has 0 aromatic heterocycles. The lowest BCUT2D eigenvalue weighted by molar-refractivity contribution is -0.124. The van der Waals surface area contributed by atoms with Crippen molar-refractivity contribution < 1.29 is 14.3 Å². The summed E-state index contributed by atoms with van der Waals surface area (Å²) in [6.07, 6.45) is 6.20. The molecule has 2 amide bonds. The molecule has 1 aliphatic heterocycles. The predicted octanol–water partition coefficient (Wildman–Crippen LogP) is 6.34. The number of hydrogen-bond acceptors (Lipinski definition) is 4. The van der Waals surface area contributed by atoms with Crippen LogP contribution in [0.3, 0.4) is 0 Å². The number of fused-ring (bicyclic) bond motifs is 1. The fraction of sp³-hybridized carbons (Fsp3) is 0.412. The molecule has 1 fully saturated rings. The molecule has 6 nitrogen and oxygen atoms in total. The molecule has 0 saturated heterocycles. The Labute approximate surface area is 238 Å². The summed E-state index contributed by atoms with van der Waals surface area (Å²) in [4.78, 5) is 32.5. The van der Waals surface area contributed by atoms with E-state index in [9.17, 15) is 9.59 Å². The number of anilines is 1. The van der Waals surface area contributed by atoms with E-state index in [1.807, 2.05) is 59.5 Å². The van der Waals surface area contributed by atoms with Crippen LogP contribution < -0.4 is 15.0 Å². The summed E-state index contributed by atoms with van der Waals surface area (Å²) in [6, 6.07) is 25.7. The Morgan fingerprint density at radius 3 is 2.35 bits per heavy atom. The molecule has 1 saturated carbocycles. The molecule has 1 N–H and O–H groups in total. The van der Waals surface area contributed by atoms with Gasteiger partial charge in [0.25, 0.3) is 5.91 Å². The molecule has 1 aliphatic carbocycles. The van der Waals surface area contributed by atoms with Crippen molar-refractivity contribution in [1.29, 1.82) is 0 Å². The van der Waals surface area contributed by atoms with E-state index in [4.69, 9.17) is 4.74 Å². The van der Waals surface area contributed by atoms with Gasteiger partial charge >= 0.3 is 0 Å². The summed E-state index contributed by atoms with van der Waals surface area (Å²) in [5.41, 5.74) is 3.63. The van der Waals surface area contributed by atoms with E-state index in [0.29, 0.717) is 12.1 Å². The topological polar surface area (TPSA) is 61.9 Å². The molecule has 0 spiro atoms. The molecule has 6 heteroatoms. The largest absolute Gasteiger partial charge is 0.497 e. The number of carbonyl (C=O) groups excluding carboxylic acids is 2. The van der Waals surface area contributed by atoms with E-state index in [1.165, 1.54) is 12.1 Å². The molecule has 3 aromatic carbocycles. The van der Waals surface area contributed by atoms with Crippen molar-refractivity contribution in [2.75, 3.05) is 31.6 Å². The Balaban J connectivity index is 1.42. The van der Waals surface area contributed by atoms with E-state index < -0.39 is 5.92 Å². The van der Waals surface area contributed by atoms with Gasteiger partial charge in [-0.3, -0.25) is 9.59 Å². The average Bonchev–Trinajstić information content (AvgIpc) is 3.02. The molecule has 3 aromatic rings. The SMILES string of the molecule is CCN(CCCNC(=O)[C@H]1c2ccccc2C(=O)N(C2CCCCC2)[C@@H]1c1ccc(OC)cc1)c1ccccc1. The first-order chi connectivity index (χ1) is 19.6. The number of rotatable bonds is 10. The van der Waals surface area contributed by atoms with E-state index >= 15 is 0 Å². The molecule has 0 bridgehead atoms. The molecule has 0 radical (unpaired) electrons. The second-order valence-corrected chi connectivity index (χ2v) is 10.8. The number of nitrogens with one attached hydrogen (secondary N) is 1. The van der Waals surface area contributed by atoms with Crippen molar-refractivity contribution in [1.82, 2.24) is 10.2 Å². The highest BCUT2D eigenvalue weighted by atomic mass is 16.5. The summed E-state index contributed by atoms with van der Waals surface area (Å²) < 4.78 is 5.41. The van der Waals surface area contributed by atoms with Crippen LogP contribution in [0.25, 0.3) is 0 Å². The summed E-state index contributed by atoms with van der Waals surface area (Å²) in [7, 11) is 1.65. The Bertz CT molecular complexity index is 1270. The maximum Gasteiger partial charge on any atom is 0.254 e. The maximum absolute atomic E-state index is 14.1. The van der Waals surface area contributed by atoms with E-state index in [-0.39, 0.29) is 23.9 Å². The third kappa shape index (κ3) is 5.86. The molecule has 40 heavy (non-hydrogen) atoms. The minimum Gasteiger partial charge on any atom is -0.497 e. The first kappa shape index (κ1) is 27.8. The third-order valence-electron chi connectivity index (χ3n) is 8.49. The van der Waals surface area contributed by atoms with Crippen molar-refractivity contribution in [3.8, 4) is 5.75 Å². The number of benzene rings is 3. The van der Waals surface area contributed by atoms with Gasteiger partial charge in [0, 0.05) is 36.9 Å². The van der Waals surface area contributed by atoms with Crippen LogP contribution in [0.15, 0.2) is 78.9 Å². The number of amides is 2. The predicted molar refractivity (Wildman–Crippen MR) is 160 cm³/mol. The van der Waals surface area contributed by atoms with Gasteiger partial charge in [0.1, 0.15) is 5.75 Å². The number of hydrogen-bond donors (Lipinski definition) is 1. The molecule has 0 unspecified atom stereocenters. The Hall–Kier alpha value is -3.80. The second kappa shape index (κ2) is 13.0. The quantitative estimate of drug-likeness (QED) is 0.305. The van der Waals surface area contributed by atoms with Crippen LogP contribution in [0.5, 0.6) is 5.75 Å². The molecular formula is C34H41N3O3. The van der Waals surface area contributed by atoms with Crippen LogP contribution in [0.4, 0.5) is 5.69 Å². The van der Waals surface area contributed by atoms with Crippen LogP contribution in [0.2, 0.25) is 0 Å². The third-order valence-corrected chi connectivity index (χ3v) is 8.49. The highest BCUT2D eigenvalue weighted by molar-refractivity contribution is 6.01. The van der Waals surface area contributed by atoms with Crippen molar-refractivity contribution in [3.05, 3.63) is 95.6 Å². The molecular weight excluding hydrogens is 498 g/mol. The summed E-state index contributed by atoms with van der Waals surface area (Å²) in [5.74, 6) is 0.286. The number of ether oxygens (including phenoxy) is 1. The van der Waals surface area contributed by atoms with Gasteiger partial charge in [0.05, 0.1) is 19.1 Å². The van der Waals surface area contributed by atoms with Crippen molar-refractivity contribution in [2.24, 2.45) is 0 Å². The van der Waals surface area contributed by atoms with Gasteiger partial charge in [-0.15, -0.1) is 0 Å². The Morgan fingerprint density at radius 2 is 1.65 bits per heavy atom. The fourth-order valence-electron chi connectivity index (χ4n) is 6.45. The summed E-state index contributed by atoms with van der Waals surface area (Å²) in [6.45, 7) is 4.50. The Kier molecular flexibility index (Phi) is 9.04. The van der Waals surface area contributed by atoms with Gasteiger partial charge in [0.15, 0.2) is 0 Å². The second-order valence-electron chi connectivity index (χ2n) is 10.8. The molecule has 1 heterocycles. The fourth-order valence-corrected chi connectivity index (χ4v) is 6.45. The van der Waals surface area contributed by atoms with Crippen LogP contribution in [-0.2, 0) is 4.79 Å². The number of carbonyl (C=O) groups is 2. The number of para-hydroxylation sites is 1.